The smallest absolute Gasteiger partial charge is 0.183 e. The van der Waals surface area contributed by atoms with Crippen molar-refractivity contribution in [3.63, 3.8) is 0 Å². The summed E-state index contributed by atoms with van der Waals surface area (Å²) in [6.07, 6.45) is 5.01. The molecule has 192 valence electrons. The largest absolute Gasteiger partial charge is 0.503 e. The van der Waals surface area contributed by atoms with Gasteiger partial charge >= 0.3 is 0 Å². The second-order valence-corrected chi connectivity index (χ2v) is 9.18. The maximum Gasteiger partial charge on any atom is 0.183 e. The Morgan fingerprint density at radius 3 is 2.63 bits per heavy atom. The Morgan fingerprint density at radius 1 is 1.08 bits per heavy atom. The minimum Gasteiger partial charge on any atom is -0.503 e. The van der Waals surface area contributed by atoms with E-state index in [9.17, 15) is 13.9 Å². The Balaban J connectivity index is 1.34. The van der Waals surface area contributed by atoms with Gasteiger partial charge in [-0.05, 0) is 37.8 Å². The first-order valence-electron chi connectivity index (χ1n) is 12.1. The second kappa shape index (κ2) is 9.66. The molecule has 1 aliphatic carbocycles. The van der Waals surface area contributed by atoms with Crippen LogP contribution in [0.3, 0.4) is 0 Å². The van der Waals surface area contributed by atoms with E-state index < -0.39 is 11.6 Å². The van der Waals surface area contributed by atoms with Crippen LogP contribution in [0.15, 0.2) is 54.9 Å². The van der Waals surface area contributed by atoms with Crippen molar-refractivity contribution in [3.8, 4) is 23.0 Å². The van der Waals surface area contributed by atoms with Crippen LogP contribution in [0.2, 0.25) is 0 Å². The van der Waals surface area contributed by atoms with E-state index >= 15 is 0 Å². The molecule has 1 saturated carbocycles. The molecule has 1 fully saturated rings. The van der Waals surface area contributed by atoms with E-state index in [0.717, 1.165) is 12.8 Å². The third kappa shape index (κ3) is 4.82. The van der Waals surface area contributed by atoms with Crippen molar-refractivity contribution in [1.29, 1.82) is 0 Å². The highest BCUT2D eigenvalue weighted by molar-refractivity contribution is 5.92. The summed E-state index contributed by atoms with van der Waals surface area (Å²) in [5, 5.41) is 18.6. The first-order chi connectivity index (χ1) is 18.4. The van der Waals surface area contributed by atoms with Crippen molar-refractivity contribution < 1.29 is 18.6 Å². The third-order valence-electron chi connectivity index (χ3n) is 6.27. The summed E-state index contributed by atoms with van der Waals surface area (Å²) in [5.74, 6) is 0.409. The fourth-order valence-electron chi connectivity index (χ4n) is 4.10. The SMILES string of the molecule is Cc1nccc(Nc2nc(-c3nn(Cc4c(F)cc(OCC5CC5)cc4F)c4ccccc34)ncc2O)n1. The zero-order chi connectivity index (χ0) is 26.2. The van der Waals surface area contributed by atoms with Crippen LogP contribution >= 0.6 is 0 Å². The van der Waals surface area contributed by atoms with Gasteiger partial charge < -0.3 is 15.2 Å². The molecule has 0 atom stereocenters. The monoisotopic (exact) mass is 515 g/mol. The van der Waals surface area contributed by atoms with Crippen molar-refractivity contribution in [2.24, 2.45) is 5.92 Å². The Bertz CT molecular complexity index is 1630. The molecule has 0 amide bonds. The number of rotatable bonds is 8. The molecule has 0 saturated heterocycles. The molecule has 2 N–H and O–H groups in total. The predicted octanol–water partition coefficient (Wildman–Crippen LogP) is 5.16. The molecular formula is C27H23F2N7O2. The molecule has 9 nitrogen and oxygen atoms in total. The van der Waals surface area contributed by atoms with Crippen LogP contribution in [-0.4, -0.2) is 41.4 Å². The fraction of sp³-hybridized carbons (Fsp3) is 0.222. The van der Waals surface area contributed by atoms with Gasteiger partial charge in [0, 0.05) is 29.3 Å². The highest BCUT2D eigenvalue weighted by Gasteiger charge is 2.23. The molecule has 0 bridgehead atoms. The van der Waals surface area contributed by atoms with Crippen LogP contribution < -0.4 is 10.1 Å². The first kappa shape index (κ1) is 23.7. The van der Waals surface area contributed by atoms with Crippen LogP contribution in [0.25, 0.3) is 22.4 Å². The molecule has 6 rings (SSSR count). The standard InChI is InChI=1S/C27H23F2N7O2/c1-15-30-9-8-24(32-15)33-26-23(37)12-31-27(34-26)25-18-4-2-3-5-22(18)36(35-25)13-19-20(28)10-17(11-21(19)29)38-14-16-6-7-16/h2-5,8-12,16,37H,6-7,13-14H2,1H3,(H,30,31,32,33,34). The third-order valence-corrected chi connectivity index (χ3v) is 6.27. The zero-order valence-corrected chi connectivity index (χ0v) is 20.4. The Morgan fingerprint density at radius 2 is 1.87 bits per heavy atom. The van der Waals surface area contributed by atoms with Crippen molar-refractivity contribution in [3.05, 3.63) is 77.9 Å². The molecule has 5 aromatic rings. The molecule has 0 radical (unpaired) electrons. The van der Waals surface area contributed by atoms with Gasteiger partial charge in [0.05, 0.1) is 24.9 Å². The van der Waals surface area contributed by atoms with Gasteiger partial charge in [-0.15, -0.1) is 0 Å². The highest BCUT2D eigenvalue weighted by Crippen LogP contribution is 2.32. The summed E-state index contributed by atoms with van der Waals surface area (Å²) < 4.78 is 37.0. The van der Waals surface area contributed by atoms with Crippen LogP contribution in [0.4, 0.5) is 20.4 Å². The van der Waals surface area contributed by atoms with Gasteiger partial charge in [0.2, 0.25) is 0 Å². The number of aryl methyl sites for hydroxylation is 1. The van der Waals surface area contributed by atoms with Gasteiger partial charge in [0.15, 0.2) is 17.4 Å². The normalized spacial score (nSPS) is 13.1. The van der Waals surface area contributed by atoms with Gasteiger partial charge in [-0.1, -0.05) is 18.2 Å². The van der Waals surface area contributed by atoms with Gasteiger partial charge in [-0.25, -0.2) is 28.7 Å². The van der Waals surface area contributed by atoms with Crippen molar-refractivity contribution in [2.75, 3.05) is 11.9 Å². The molecule has 38 heavy (non-hydrogen) atoms. The average Bonchev–Trinajstić information content (AvgIpc) is 3.66. The number of ether oxygens (including phenoxy) is 1. The molecule has 3 heterocycles. The maximum atomic E-state index is 15.0. The van der Waals surface area contributed by atoms with E-state index in [1.54, 1.807) is 25.3 Å². The molecule has 0 unspecified atom stereocenters. The van der Waals surface area contributed by atoms with Gasteiger partial charge in [-0.2, -0.15) is 5.10 Å². The topological polar surface area (TPSA) is 111 Å². The zero-order valence-electron chi connectivity index (χ0n) is 20.4. The summed E-state index contributed by atoms with van der Waals surface area (Å²) in [7, 11) is 0. The second-order valence-electron chi connectivity index (χ2n) is 9.18. The lowest BCUT2D eigenvalue weighted by Crippen LogP contribution is -2.08. The number of hydrogen-bond acceptors (Lipinski definition) is 8. The Labute approximate surface area is 216 Å². The van der Waals surface area contributed by atoms with Crippen LogP contribution in [0.1, 0.15) is 24.2 Å². The van der Waals surface area contributed by atoms with Crippen molar-refractivity contribution >= 4 is 22.5 Å². The average molecular weight is 516 g/mol. The molecule has 2 aromatic carbocycles. The van der Waals surface area contributed by atoms with Crippen LogP contribution in [0.5, 0.6) is 11.5 Å². The Hall–Kier alpha value is -4.67. The molecule has 3 aromatic heterocycles. The lowest BCUT2D eigenvalue weighted by molar-refractivity contribution is 0.296. The number of nitrogens with zero attached hydrogens (tertiary/aromatic N) is 6. The number of benzene rings is 2. The maximum absolute atomic E-state index is 15.0. The fourth-order valence-corrected chi connectivity index (χ4v) is 4.10. The summed E-state index contributed by atoms with van der Waals surface area (Å²) in [4.78, 5) is 17.0. The molecule has 1 aliphatic rings. The van der Waals surface area contributed by atoms with Crippen LogP contribution in [0, 0.1) is 24.5 Å². The van der Waals surface area contributed by atoms with E-state index in [-0.39, 0.29) is 35.2 Å². The molecule has 11 heteroatoms. The number of anilines is 2. The van der Waals surface area contributed by atoms with E-state index in [4.69, 9.17) is 4.74 Å². The number of para-hydroxylation sites is 1. The number of nitrogens with one attached hydrogen (secondary N) is 1. The number of aromatic nitrogens is 6. The number of aromatic hydroxyl groups is 1. The minimum absolute atomic E-state index is 0.128. The van der Waals surface area contributed by atoms with Gasteiger partial charge in [0.1, 0.15) is 34.7 Å². The van der Waals surface area contributed by atoms with Crippen molar-refractivity contribution in [1.82, 2.24) is 29.7 Å². The number of hydrogen-bond donors (Lipinski definition) is 2. The van der Waals surface area contributed by atoms with Crippen molar-refractivity contribution in [2.45, 2.75) is 26.3 Å². The van der Waals surface area contributed by atoms with E-state index in [2.05, 4.69) is 30.4 Å². The van der Waals surface area contributed by atoms with E-state index in [1.807, 2.05) is 18.2 Å². The summed E-state index contributed by atoms with van der Waals surface area (Å²) in [6, 6.07) is 11.3. The number of halogens is 2. The van der Waals surface area contributed by atoms with E-state index in [0.29, 0.717) is 40.8 Å². The Kier molecular flexibility index (Phi) is 6.02. The lowest BCUT2D eigenvalue weighted by Gasteiger charge is -2.10. The predicted molar refractivity (Wildman–Crippen MR) is 136 cm³/mol. The summed E-state index contributed by atoms with van der Waals surface area (Å²) in [6.45, 7) is 2.06. The quantitative estimate of drug-likeness (QED) is 0.292. The number of fused-ring (bicyclic) bond motifs is 1. The summed E-state index contributed by atoms with van der Waals surface area (Å²) in [5.41, 5.74) is 0.914. The summed E-state index contributed by atoms with van der Waals surface area (Å²) >= 11 is 0. The van der Waals surface area contributed by atoms with Gasteiger partial charge in [-0.3, -0.25) is 4.68 Å². The molecule has 0 aliphatic heterocycles. The van der Waals surface area contributed by atoms with Crippen LogP contribution in [-0.2, 0) is 6.54 Å². The molecule has 0 spiro atoms. The highest BCUT2D eigenvalue weighted by atomic mass is 19.1. The first-order valence-corrected chi connectivity index (χ1v) is 12.1. The van der Waals surface area contributed by atoms with Gasteiger partial charge in [0.25, 0.3) is 0 Å². The molecular weight excluding hydrogens is 492 g/mol. The lowest BCUT2D eigenvalue weighted by atomic mass is 10.1. The van der Waals surface area contributed by atoms with E-state index in [1.165, 1.54) is 23.0 Å². The minimum atomic E-state index is -0.704.